The molecule has 1 atom stereocenters. The van der Waals surface area contributed by atoms with Gasteiger partial charge in [-0.15, -0.1) is 0 Å². The van der Waals surface area contributed by atoms with Gasteiger partial charge >= 0.3 is 12.4 Å². The molecule has 1 N–H and O–H groups in total. The van der Waals surface area contributed by atoms with Gasteiger partial charge in [-0.05, 0) is 13.1 Å². The Morgan fingerprint density at radius 2 is 1.45 bits per heavy atom. The molecular weight excluding hydrogens is 298 g/mol. The van der Waals surface area contributed by atoms with E-state index in [2.05, 4.69) is 0 Å². The molecular formula is C11H9F8N. The summed E-state index contributed by atoms with van der Waals surface area (Å²) >= 11 is 0. The summed E-state index contributed by atoms with van der Waals surface area (Å²) in [6, 6.07) is -1.04. The van der Waals surface area contributed by atoms with Gasteiger partial charge in [0.15, 0.2) is 5.92 Å². The first-order valence-corrected chi connectivity index (χ1v) is 5.24. The first-order chi connectivity index (χ1) is 8.98. The van der Waals surface area contributed by atoms with E-state index >= 15 is 0 Å². The van der Waals surface area contributed by atoms with E-state index in [1.165, 1.54) is 0 Å². The molecule has 0 aromatic heterocycles. The van der Waals surface area contributed by atoms with Crippen LogP contribution in [0, 0.1) is 17.6 Å². The van der Waals surface area contributed by atoms with E-state index in [1.54, 1.807) is 5.32 Å². The minimum absolute atomic E-state index is 0.226. The summed E-state index contributed by atoms with van der Waals surface area (Å²) in [6.07, 6.45) is -11.3. The third kappa shape index (κ3) is 3.59. The van der Waals surface area contributed by atoms with Crippen LogP contribution >= 0.6 is 0 Å². The fourth-order valence-corrected chi connectivity index (χ4v) is 1.82. The van der Waals surface area contributed by atoms with Crippen molar-refractivity contribution in [3.05, 3.63) is 35.4 Å². The molecule has 114 valence electrons. The van der Waals surface area contributed by atoms with Crippen molar-refractivity contribution in [1.82, 2.24) is 5.32 Å². The van der Waals surface area contributed by atoms with Crippen LogP contribution in [0.1, 0.15) is 11.6 Å². The zero-order chi connectivity index (χ0) is 15.7. The van der Waals surface area contributed by atoms with Gasteiger partial charge in [0, 0.05) is 11.6 Å². The van der Waals surface area contributed by atoms with Crippen LogP contribution in [0.3, 0.4) is 0 Å². The number of alkyl halides is 6. The summed E-state index contributed by atoms with van der Waals surface area (Å²) < 4.78 is 102. The molecule has 0 aliphatic rings. The first kappa shape index (κ1) is 16.7. The van der Waals surface area contributed by atoms with Gasteiger partial charge in [0.1, 0.15) is 11.6 Å². The largest absolute Gasteiger partial charge is 0.402 e. The van der Waals surface area contributed by atoms with E-state index < -0.39 is 41.5 Å². The standard InChI is InChI=1S/C11H9F8N/c1-20-8(6-3-2-5(12)4-7(6)13)9(10(14,15)16)11(17,18)19/h2-4,8-9,20H,1H3. The molecule has 9 heteroatoms. The van der Waals surface area contributed by atoms with E-state index in [9.17, 15) is 35.1 Å². The van der Waals surface area contributed by atoms with Crippen LogP contribution in [0.15, 0.2) is 18.2 Å². The van der Waals surface area contributed by atoms with Gasteiger partial charge in [-0.25, -0.2) is 8.78 Å². The molecule has 0 fully saturated rings. The van der Waals surface area contributed by atoms with Crippen LogP contribution in [0.2, 0.25) is 0 Å². The third-order valence-corrected chi connectivity index (χ3v) is 2.65. The van der Waals surface area contributed by atoms with E-state index in [0.717, 1.165) is 7.05 Å². The highest BCUT2D eigenvalue weighted by molar-refractivity contribution is 5.23. The fraction of sp³-hybridized carbons (Fsp3) is 0.455. The van der Waals surface area contributed by atoms with Gasteiger partial charge < -0.3 is 5.32 Å². The molecule has 1 unspecified atom stereocenters. The van der Waals surface area contributed by atoms with Gasteiger partial charge in [0.05, 0.1) is 6.04 Å². The summed E-state index contributed by atoms with van der Waals surface area (Å²) in [4.78, 5) is 0. The van der Waals surface area contributed by atoms with Gasteiger partial charge in [-0.3, -0.25) is 0 Å². The van der Waals surface area contributed by atoms with Gasteiger partial charge in [0.25, 0.3) is 0 Å². The molecule has 1 aromatic rings. The predicted molar refractivity (Wildman–Crippen MR) is 53.8 cm³/mol. The summed E-state index contributed by atoms with van der Waals surface area (Å²) in [7, 11) is 0.831. The molecule has 0 saturated heterocycles. The summed E-state index contributed by atoms with van der Waals surface area (Å²) in [6.45, 7) is 0. The van der Waals surface area contributed by atoms with Gasteiger partial charge in [0.2, 0.25) is 0 Å². The van der Waals surface area contributed by atoms with Gasteiger partial charge in [-0.2, -0.15) is 26.3 Å². The molecule has 1 rings (SSSR count). The minimum atomic E-state index is -5.63. The Bertz CT molecular complexity index is 450. The van der Waals surface area contributed by atoms with Crippen molar-refractivity contribution in [2.45, 2.75) is 18.4 Å². The number of halogens is 8. The SMILES string of the molecule is CNC(c1ccc(F)cc1F)C(C(F)(F)F)C(F)(F)F. The second-order valence-corrected chi connectivity index (χ2v) is 3.99. The quantitative estimate of drug-likeness (QED) is 0.833. The maximum absolute atomic E-state index is 13.4. The third-order valence-electron chi connectivity index (χ3n) is 2.65. The summed E-state index contributed by atoms with van der Waals surface area (Å²) in [5, 5.41) is 1.79. The monoisotopic (exact) mass is 307 g/mol. The molecule has 0 heterocycles. The highest BCUT2D eigenvalue weighted by Gasteiger charge is 2.60. The van der Waals surface area contributed by atoms with Crippen LogP contribution in [0.5, 0.6) is 0 Å². The van der Waals surface area contributed by atoms with E-state index in [-0.39, 0.29) is 6.07 Å². The predicted octanol–water partition coefficient (Wildman–Crippen LogP) is 3.97. The van der Waals surface area contributed by atoms with Crippen LogP contribution < -0.4 is 5.32 Å². The van der Waals surface area contributed by atoms with Crippen molar-refractivity contribution in [3.8, 4) is 0 Å². The van der Waals surface area contributed by atoms with Crippen molar-refractivity contribution in [2.24, 2.45) is 5.92 Å². The lowest BCUT2D eigenvalue weighted by molar-refractivity contribution is -0.292. The number of hydrogen-bond donors (Lipinski definition) is 1. The van der Waals surface area contributed by atoms with Crippen LogP contribution in [0.25, 0.3) is 0 Å². The lowest BCUT2D eigenvalue weighted by Crippen LogP contribution is -2.45. The van der Waals surface area contributed by atoms with E-state index in [1.807, 2.05) is 0 Å². The number of benzene rings is 1. The topological polar surface area (TPSA) is 12.0 Å². The van der Waals surface area contributed by atoms with Crippen LogP contribution in [-0.4, -0.2) is 19.4 Å². The molecule has 0 aliphatic carbocycles. The molecule has 0 amide bonds. The van der Waals surface area contributed by atoms with E-state index in [0.29, 0.717) is 12.1 Å². The smallest absolute Gasteiger partial charge is 0.312 e. The molecule has 0 aliphatic heterocycles. The molecule has 0 spiro atoms. The number of nitrogens with one attached hydrogen (secondary N) is 1. The van der Waals surface area contributed by atoms with E-state index in [4.69, 9.17) is 0 Å². The first-order valence-electron chi connectivity index (χ1n) is 5.24. The Balaban J connectivity index is 3.34. The highest BCUT2D eigenvalue weighted by atomic mass is 19.4. The minimum Gasteiger partial charge on any atom is -0.312 e. The van der Waals surface area contributed by atoms with Crippen molar-refractivity contribution in [2.75, 3.05) is 7.05 Å². The zero-order valence-corrected chi connectivity index (χ0v) is 9.91. The second-order valence-electron chi connectivity index (χ2n) is 3.99. The maximum Gasteiger partial charge on any atom is 0.402 e. The summed E-state index contributed by atoms with van der Waals surface area (Å²) in [5.74, 6) is -6.39. The average Bonchev–Trinajstić information content (AvgIpc) is 2.22. The Hall–Kier alpha value is -1.38. The maximum atomic E-state index is 13.4. The number of rotatable bonds is 3. The highest BCUT2D eigenvalue weighted by Crippen LogP contribution is 2.46. The van der Waals surface area contributed by atoms with Crippen molar-refractivity contribution >= 4 is 0 Å². The molecule has 0 saturated carbocycles. The Morgan fingerprint density at radius 1 is 0.950 bits per heavy atom. The van der Waals surface area contributed by atoms with Crippen molar-refractivity contribution in [1.29, 1.82) is 0 Å². The summed E-state index contributed by atoms with van der Waals surface area (Å²) in [5.41, 5.74) is -0.909. The Kier molecular flexibility index (Phi) is 4.62. The zero-order valence-electron chi connectivity index (χ0n) is 9.91. The second kappa shape index (κ2) is 5.55. The molecule has 1 aromatic carbocycles. The fourth-order valence-electron chi connectivity index (χ4n) is 1.82. The lowest BCUT2D eigenvalue weighted by atomic mass is 9.91. The average molecular weight is 307 g/mol. The molecule has 0 radical (unpaired) electrons. The molecule has 20 heavy (non-hydrogen) atoms. The Labute approximate surface area is 108 Å². The van der Waals surface area contributed by atoms with Crippen LogP contribution in [0.4, 0.5) is 35.1 Å². The number of hydrogen-bond acceptors (Lipinski definition) is 1. The lowest BCUT2D eigenvalue weighted by Gasteiger charge is -2.30. The van der Waals surface area contributed by atoms with Crippen molar-refractivity contribution < 1.29 is 35.1 Å². The van der Waals surface area contributed by atoms with Crippen molar-refractivity contribution in [3.63, 3.8) is 0 Å². The molecule has 1 nitrogen and oxygen atoms in total. The molecule has 0 bridgehead atoms. The van der Waals surface area contributed by atoms with Crippen LogP contribution in [-0.2, 0) is 0 Å². The Morgan fingerprint density at radius 3 is 1.80 bits per heavy atom. The normalized spacial score (nSPS) is 14.7. The van der Waals surface area contributed by atoms with Gasteiger partial charge in [-0.1, -0.05) is 6.07 Å².